The Hall–Kier alpha value is -0.700. The fourth-order valence-corrected chi connectivity index (χ4v) is 2.15. The number of nitrogens with zero attached hydrogens (tertiary/aromatic N) is 1. The molecule has 0 fully saturated rings. The summed E-state index contributed by atoms with van der Waals surface area (Å²) in [6.07, 6.45) is 5.03. The van der Waals surface area contributed by atoms with Gasteiger partial charge in [-0.05, 0) is 18.6 Å². The highest BCUT2D eigenvalue weighted by molar-refractivity contribution is 7.84. The van der Waals surface area contributed by atoms with Gasteiger partial charge in [-0.15, -0.1) is 0 Å². The zero-order valence-corrected chi connectivity index (χ0v) is 8.72. The number of hydrogen-bond acceptors (Lipinski definition) is 2. The largest absolute Gasteiger partial charge is 0.253 e. The van der Waals surface area contributed by atoms with E-state index in [0.29, 0.717) is 5.03 Å². The summed E-state index contributed by atoms with van der Waals surface area (Å²) in [7, 11) is -0.896. The smallest absolute Gasteiger partial charge is 0.127 e. The Morgan fingerprint density at radius 2 is 2.23 bits per heavy atom. The third-order valence-corrected chi connectivity index (χ3v) is 3.17. The lowest BCUT2D eigenvalue weighted by Gasteiger charge is -1.99. The molecule has 1 aromatic heterocycles. The predicted molar refractivity (Wildman–Crippen MR) is 55.0 cm³/mol. The fraction of sp³-hybridized carbons (Fsp3) is 0.500. The van der Waals surface area contributed by atoms with Gasteiger partial charge in [0.2, 0.25) is 0 Å². The summed E-state index contributed by atoms with van der Waals surface area (Å²) < 4.78 is 11.6. The Balaban J connectivity index is 2.40. The molecular formula is C10H15NOS. The minimum Gasteiger partial charge on any atom is -0.253 e. The van der Waals surface area contributed by atoms with Gasteiger partial charge in [0, 0.05) is 11.9 Å². The molecule has 72 valence electrons. The van der Waals surface area contributed by atoms with Crippen molar-refractivity contribution in [3.63, 3.8) is 0 Å². The molecule has 0 N–H and O–H groups in total. The standard InChI is InChI=1S/C10H15NOS/c1-2-3-6-9-13(12)10-7-4-5-8-11-10/h4-5,7-8H,2-3,6,9H2,1H3. The summed E-state index contributed by atoms with van der Waals surface area (Å²) in [5.41, 5.74) is 0. The van der Waals surface area contributed by atoms with Gasteiger partial charge in [-0.25, -0.2) is 4.98 Å². The Labute approximate surface area is 81.9 Å². The quantitative estimate of drug-likeness (QED) is 0.678. The first kappa shape index (κ1) is 10.4. The molecule has 2 nitrogen and oxygen atoms in total. The van der Waals surface area contributed by atoms with E-state index in [9.17, 15) is 4.21 Å². The summed E-state index contributed by atoms with van der Waals surface area (Å²) in [5.74, 6) is 0.741. The molecule has 0 bridgehead atoms. The zero-order valence-electron chi connectivity index (χ0n) is 7.90. The number of unbranched alkanes of at least 4 members (excludes halogenated alkanes) is 2. The minimum absolute atomic E-state index is 0.707. The Bertz CT molecular complexity index is 261. The molecule has 0 spiro atoms. The van der Waals surface area contributed by atoms with Gasteiger partial charge >= 0.3 is 0 Å². The van der Waals surface area contributed by atoms with Crippen LogP contribution in [0.1, 0.15) is 26.2 Å². The second kappa shape index (κ2) is 5.86. The summed E-state index contributed by atoms with van der Waals surface area (Å²) in [4.78, 5) is 4.06. The third-order valence-electron chi connectivity index (χ3n) is 1.80. The van der Waals surface area contributed by atoms with Gasteiger partial charge < -0.3 is 0 Å². The summed E-state index contributed by atoms with van der Waals surface area (Å²) in [5, 5.41) is 0.707. The van der Waals surface area contributed by atoms with E-state index in [-0.39, 0.29) is 0 Å². The summed E-state index contributed by atoms with van der Waals surface area (Å²) in [6.45, 7) is 2.14. The van der Waals surface area contributed by atoms with Gasteiger partial charge in [-0.3, -0.25) is 4.21 Å². The number of aromatic nitrogens is 1. The molecule has 0 aromatic carbocycles. The highest BCUT2D eigenvalue weighted by Crippen LogP contribution is 2.04. The van der Waals surface area contributed by atoms with Crippen molar-refractivity contribution in [1.29, 1.82) is 0 Å². The molecule has 1 aromatic rings. The molecule has 1 rings (SSSR count). The Kier molecular flexibility index (Phi) is 4.68. The lowest BCUT2D eigenvalue weighted by molar-refractivity contribution is 0.673. The molecule has 3 heteroatoms. The van der Waals surface area contributed by atoms with Gasteiger partial charge in [0.15, 0.2) is 0 Å². The first-order chi connectivity index (χ1) is 6.34. The zero-order chi connectivity index (χ0) is 9.52. The van der Waals surface area contributed by atoms with Crippen LogP contribution in [0.5, 0.6) is 0 Å². The molecular weight excluding hydrogens is 182 g/mol. The Morgan fingerprint density at radius 3 is 2.85 bits per heavy atom. The number of hydrogen-bond donors (Lipinski definition) is 0. The first-order valence-electron chi connectivity index (χ1n) is 4.64. The van der Waals surface area contributed by atoms with Gasteiger partial charge in [0.1, 0.15) is 5.03 Å². The third kappa shape index (κ3) is 3.68. The second-order valence-corrected chi connectivity index (χ2v) is 4.44. The predicted octanol–water partition coefficient (Wildman–Crippen LogP) is 2.38. The van der Waals surface area contributed by atoms with E-state index < -0.39 is 10.8 Å². The second-order valence-electron chi connectivity index (χ2n) is 2.92. The van der Waals surface area contributed by atoms with Crippen LogP contribution < -0.4 is 0 Å². The van der Waals surface area contributed by atoms with Crippen molar-refractivity contribution < 1.29 is 4.21 Å². The van der Waals surface area contributed by atoms with Gasteiger partial charge in [0.25, 0.3) is 0 Å². The molecule has 0 aliphatic rings. The molecule has 0 amide bonds. The molecule has 0 aliphatic heterocycles. The van der Waals surface area contributed by atoms with E-state index >= 15 is 0 Å². The summed E-state index contributed by atoms with van der Waals surface area (Å²) >= 11 is 0. The van der Waals surface area contributed by atoms with E-state index in [4.69, 9.17) is 0 Å². The molecule has 0 saturated heterocycles. The van der Waals surface area contributed by atoms with Crippen LogP contribution in [0.15, 0.2) is 29.4 Å². The van der Waals surface area contributed by atoms with Gasteiger partial charge in [-0.1, -0.05) is 25.8 Å². The highest BCUT2D eigenvalue weighted by atomic mass is 32.2. The number of pyridine rings is 1. The maximum absolute atomic E-state index is 11.6. The lowest BCUT2D eigenvalue weighted by Crippen LogP contribution is -1.99. The molecule has 0 radical (unpaired) electrons. The monoisotopic (exact) mass is 197 g/mol. The maximum Gasteiger partial charge on any atom is 0.127 e. The molecule has 1 unspecified atom stereocenters. The van der Waals surface area contributed by atoms with E-state index in [1.165, 1.54) is 6.42 Å². The van der Waals surface area contributed by atoms with Crippen molar-refractivity contribution in [2.24, 2.45) is 0 Å². The minimum atomic E-state index is -0.896. The average molecular weight is 197 g/mol. The van der Waals surface area contributed by atoms with Crippen molar-refractivity contribution in [2.45, 2.75) is 31.2 Å². The molecule has 1 atom stereocenters. The van der Waals surface area contributed by atoms with E-state index in [1.54, 1.807) is 6.20 Å². The van der Waals surface area contributed by atoms with Crippen LogP contribution >= 0.6 is 0 Å². The SMILES string of the molecule is CCCCCS(=O)c1ccccn1. The van der Waals surface area contributed by atoms with Crippen LogP contribution in [0.4, 0.5) is 0 Å². The van der Waals surface area contributed by atoms with Crippen molar-refractivity contribution >= 4 is 10.8 Å². The van der Waals surface area contributed by atoms with Crippen LogP contribution in [0, 0.1) is 0 Å². The molecule has 0 aliphatic carbocycles. The Morgan fingerprint density at radius 1 is 1.38 bits per heavy atom. The summed E-state index contributed by atoms with van der Waals surface area (Å²) in [6, 6.07) is 5.54. The van der Waals surface area contributed by atoms with E-state index in [0.717, 1.165) is 18.6 Å². The molecule has 13 heavy (non-hydrogen) atoms. The van der Waals surface area contributed by atoms with Crippen molar-refractivity contribution in [3.05, 3.63) is 24.4 Å². The van der Waals surface area contributed by atoms with Crippen molar-refractivity contribution in [2.75, 3.05) is 5.75 Å². The maximum atomic E-state index is 11.6. The first-order valence-corrected chi connectivity index (χ1v) is 5.96. The van der Waals surface area contributed by atoms with Gasteiger partial charge in [-0.2, -0.15) is 0 Å². The molecule has 0 saturated carbocycles. The van der Waals surface area contributed by atoms with E-state index in [2.05, 4.69) is 11.9 Å². The average Bonchev–Trinajstić information content (AvgIpc) is 2.19. The van der Waals surface area contributed by atoms with E-state index in [1.807, 2.05) is 18.2 Å². The fourth-order valence-electron chi connectivity index (χ4n) is 1.07. The van der Waals surface area contributed by atoms with Crippen LogP contribution in [0.2, 0.25) is 0 Å². The molecule has 1 heterocycles. The van der Waals surface area contributed by atoms with Crippen LogP contribution in [0.3, 0.4) is 0 Å². The van der Waals surface area contributed by atoms with Crippen LogP contribution in [-0.2, 0) is 10.8 Å². The highest BCUT2D eigenvalue weighted by Gasteiger charge is 2.02. The normalized spacial score (nSPS) is 12.7. The van der Waals surface area contributed by atoms with Crippen LogP contribution in [-0.4, -0.2) is 14.9 Å². The topological polar surface area (TPSA) is 30.0 Å². The lowest BCUT2D eigenvalue weighted by atomic mass is 10.3. The van der Waals surface area contributed by atoms with Crippen molar-refractivity contribution in [3.8, 4) is 0 Å². The van der Waals surface area contributed by atoms with Crippen LogP contribution in [0.25, 0.3) is 0 Å². The van der Waals surface area contributed by atoms with Crippen molar-refractivity contribution in [1.82, 2.24) is 4.98 Å². The van der Waals surface area contributed by atoms with Gasteiger partial charge in [0.05, 0.1) is 10.8 Å². The number of rotatable bonds is 5.